The molecule has 7 heteroatoms. The molecule has 0 spiro atoms. The number of hydrogen-bond donors (Lipinski definition) is 1. The first-order chi connectivity index (χ1) is 7.98. The molecule has 6 nitrogen and oxygen atoms in total. The van der Waals surface area contributed by atoms with E-state index in [1.54, 1.807) is 0 Å². The van der Waals surface area contributed by atoms with Crippen molar-refractivity contribution < 1.29 is 18.3 Å². The molecule has 2 saturated heterocycles. The van der Waals surface area contributed by atoms with Gasteiger partial charge >= 0.3 is 0 Å². The van der Waals surface area contributed by atoms with Crippen LogP contribution in [0.5, 0.6) is 0 Å². The highest BCUT2D eigenvalue weighted by Crippen LogP contribution is 2.27. The molecule has 0 aromatic heterocycles. The van der Waals surface area contributed by atoms with Gasteiger partial charge in [0.1, 0.15) is 5.60 Å². The minimum absolute atomic E-state index is 0.139. The second-order valence-corrected chi connectivity index (χ2v) is 6.82. The van der Waals surface area contributed by atoms with E-state index in [1.807, 2.05) is 0 Å². The summed E-state index contributed by atoms with van der Waals surface area (Å²) < 4.78 is 32.0. The van der Waals surface area contributed by atoms with Gasteiger partial charge in [0.25, 0.3) is 10.2 Å². The summed E-state index contributed by atoms with van der Waals surface area (Å²) in [6.45, 7) is 1.65. The molecule has 0 aliphatic carbocycles. The van der Waals surface area contributed by atoms with Crippen LogP contribution in [0.4, 0.5) is 0 Å². The summed E-state index contributed by atoms with van der Waals surface area (Å²) in [4.78, 5) is 0. The molecule has 2 rings (SSSR count). The van der Waals surface area contributed by atoms with Crippen molar-refractivity contribution in [2.45, 2.75) is 24.9 Å². The lowest BCUT2D eigenvalue weighted by Gasteiger charge is -2.46. The second kappa shape index (κ2) is 4.81. The lowest BCUT2D eigenvalue weighted by atomic mass is 9.99. The summed E-state index contributed by atoms with van der Waals surface area (Å²) in [5.41, 5.74) is -1.00. The minimum atomic E-state index is -3.36. The third-order valence-corrected chi connectivity index (χ3v) is 5.25. The molecule has 2 fully saturated rings. The van der Waals surface area contributed by atoms with Gasteiger partial charge in [0.05, 0.1) is 6.61 Å². The molecule has 2 heterocycles. The van der Waals surface area contributed by atoms with Gasteiger partial charge in [0, 0.05) is 33.3 Å². The highest BCUT2D eigenvalue weighted by Gasteiger charge is 2.48. The molecule has 2 aliphatic heterocycles. The summed E-state index contributed by atoms with van der Waals surface area (Å²) in [6.07, 6.45) is 2.95. The first kappa shape index (κ1) is 13.2. The van der Waals surface area contributed by atoms with Gasteiger partial charge in [-0.3, -0.25) is 0 Å². The predicted molar refractivity (Wildman–Crippen MR) is 62.7 cm³/mol. The van der Waals surface area contributed by atoms with Crippen LogP contribution >= 0.6 is 0 Å². The van der Waals surface area contributed by atoms with Crippen LogP contribution in [0, 0.1) is 0 Å². The average Bonchev–Trinajstić information content (AvgIpc) is 2.27. The molecule has 1 N–H and O–H groups in total. The van der Waals surface area contributed by atoms with E-state index < -0.39 is 15.8 Å². The number of aliphatic hydroxyl groups is 1. The fourth-order valence-electron chi connectivity index (χ4n) is 2.39. The molecule has 0 radical (unpaired) electrons. The first-order valence-corrected chi connectivity index (χ1v) is 7.34. The van der Waals surface area contributed by atoms with E-state index in [2.05, 4.69) is 0 Å². The van der Waals surface area contributed by atoms with Crippen molar-refractivity contribution in [2.75, 3.05) is 39.9 Å². The zero-order valence-corrected chi connectivity index (χ0v) is 10.9. The number of hydrogen-bond acceptors (Lipinski definition) is 4. The largest absolute Gasteiger partial charge is 0.385 e. The van der Waals surface area contributed by atoms with Gasteiger partial charge in [-0.2, -0.15) is 17.0 Å². The SMILES string of the molecule is COCC1(O)CN(S(=O)(=O)N2CCCCC2)C1. The van der Waals surface area contributed by atoms with Crippen LogP contribution in [0.25, 0.3) is 0 Å². The Bertz CT molecular complexity index is 359. The maximum atomic E-state index is 12.2. The summed E-state index contributed by atoms with van der Waals surface area (Å²) in [5.74, 6) is 0. The monoisotopic (exact) mass is 264 g/mol. The molecular formula is C10H20N2O4S. The van der Waals surface area contributed by atoms with Crippen molar-refractivity contribution >= 4 is 10.2 Å². The van der Waals surface area contributed by atoms with Gasteiger partial charge < -0.3 is 9.84 Å². The van der Waals surface area contributed by atoms with Gasteiger partial charge in [-0.15, -0.1) is 0 Å². The Morgan fingerprint density at radius 1 is 1.18 bits per heavy atom. The molecule has 0 atom stereocenters. The predicted octanol–water partition coefficient (Wildman–Crippen LogP) is -0.590. The standard InChI is InChI=1S/C10H20N2O4S/c1-16-9-10(13)7-12(8-10)17(14,15)11-5-3-2-4-6-11/h13H,2-9H2,1H3. The third kappa shape index (κ3) is 2.63. The maximum absolute atomic E-state index is 12.2. The maximum Gasteiger partial charge on any atom is 0.282 e. The van der Waals surface area contributed by atoms with Gasteiger partial charge in [-0.05, 0) is 12.8 Å². The number of piperidine rings is 1. The number of β-amino-alcohol motifs (C(OH)–C–C–N with tert-alkyl or cyclic N) is 1. The lowest BCUT2D eigenvalue weighted by molar-refractivity contribution is -0.104. The summed E-state index contributed by atoms with van der Waals surface area (Å²) >= 11 is 0. The Morgan fingerprint density at radius 3 is 2.29 bits per heavy atom. The molecule has 0 amide bonds. The molecule has 0 saturated carbocycles. The van der Waals surface area contributed by atoms with Crippen molar-refractivity contribution in [3.63, 3.8) is 0 Å². The number of methoxy groups -OCH3 is 1. The van der Waals surface area contributed by atoms with Crippen LogP contribution in [0.15, 0.2) is 0 Å². The smallest absolute Gasteiger partial charge is 0.282 e. The summed E-state index contributed by atoms with van der Waals surface area (Å²) in [7, 11) is -1.86. The van der Waals surface area contributed by atoms with Gasteiger partial charge in [0.2, 0.25) is 0 Å². The summed E-state index contributed by atoms with van der Waals surface area (Å²) in [6, 6.07) is 0. The Labute approximate surface area is 102 Å². The van der Waals surface area contributed by atoms with E-state index in [9.17, 15) is 13.5 Å². The van der Waals surface area contributed by atoms with E-state index in [0.717, 1.165) is 19.3 Å². The lowest BCUT2D eigenvalue weighted by Crippen LogP contribution is -2.67. The molecule has 0 bridgehead atoms. The van der Waals surface area contributed by atoms with Gasteiger partial charge in [-0.25, -0.2) is 0 Å². The normalized spacial score (nSPS) is 26.7. The Balaban J connectivity index is 1.95. The molecule has 0 aromatic carbocycles. The van der Waals surface area contributed by atoms with E-state index >= 15 is 0 Å². The fraction of sp³-hybridized carbons (Fsp3) is 1.00. The topological polar surface area (TPSA) is 70.1 Å². The Morgan fingerprint density at radius 2 is 1.76 bits per heavy atom. The van der Waals surface area contributed by atoms with Crippen LogP contribution in [0.2, 0.25) is 0 Å². The van der Waals surface area contributed by atoms with E-state index in [0.29, 0.717) is 13.1 Å². The average molecular weight is 264 g/mol. The molecule has 0 aromatic rings. The van der Waals surface area contributed by atoms with Gasteiger partial charge in [0.15, 0.2) is 0 Å². The third-order valence-electron chi connectivity index (χ3n) is 3.32. The number of rotatable bonds is 4. The van der Waals surface area contributed by atoms with Crippen LogP contribution in [-0.2, 0) is 14.9 Å². The highest BCUT2D eigenvalue weighted by atomic mass is 32.2. The van der Waals surface area contributed by atoms with Crippen molar-refractivity contribution in [1.29, 1.82) is 0 Å². The van der Waals surface area contributed by atoms with E-state index in [-0.39, 0.29) is 19.7 Å². The molecular weight excluding hydrogens is 244 g/mol. The van der Waals surface area contributed by atoms with Gasteiger partial charge in [-0.1, -0.05) is 6.42 Å². The number of nitrogens with zero attached hydrogens (tertiary/aromatic N) is 2. The van der Waals surface area contributed by atoms with Crippen molar-refractivity contribution in [3.8, 4) is 0 Å². The highest BCUT2D eigenvalue weighted by molar-refractivity contribution is 7.86. The second-order valence-electron chi connectivity index (χ2n) is 4.89. The summed E-state index contributed by atoms with van der Waals surface area (Å²) in [5, 5.41) is 9.89. The Kier molecular flexibility index (Phi) is 3.74. The van der Waals surface area contributed by atoms with Crippen LogP contribution in [0.3, 0.4) is 0 Å². The fourth-order valence-corrected chi connectivity index (χ4v) is 4.25. The minimum Gasteiger partial charge on any atom is -0.385 e. The first-order valence-electron chi connectivity index (χ1n) is 5.94. The quantitative estimate of drug-likeness (QED) is 0.737. The van der Waals surface area contributed by atoms with E-state index in [4.69, 9.17) is 4.74 Å². The molecule has 2 aliphatic rings. The molecule has 100 valence electrons. The number of ether oxygens (including phenoxy) is 1. The van der Waals surface area contributed by atoms with Crippen molar-refractivity contribution in [2.24, 2.45) is 0 Å². The zero-order valence-electron chi connectivity index (χ0n) is 10.1. The molecule has 17 heavy (non-hydrogen) atoms. The van der Waals surface area contributed by atoms with Crippen molar-refractivity contribution in [3.05, 3.63) is 0 Å². The van der Waals surface area contributed by atoms with E-state index in [1.165, 1.54) is 15.7 Å². The van der Waals surface area contributed by atoms with Crippen molar-refractivity contribution in [1.82, 2.24) is 8.61 Å². The zero-order chi connectivity index (χ0) is 12.5. The molecule has 0 unspecified atom stereocenters. The van der Waals surface area contributed by atoms with Crippen LogP contribution in [-0.4, -0.2) is 67.6 Å². The van der Waals surface area contributed by atoms with Crippen LogP contribution in [0.1, 0.15) is 19.3 Å². The van der Waals surface area contributed by atoms with Crippen LogP contribution < -0.4 is 0 Å². The Hall–Kier alpha value is -0.210.